The van der Waals surface area contributed by atoms with Gasteiger partial charge in [-0.1, -0.05) is 12.8 Å². The van der Waals surface area contributed by atoms with E-state index in [1.54, 1.807) is 0 Å². The van der Waals surface area contributed by atoms with Crippen LogP contribution in [0.4, 0.5) is 0 Å². The monoisotopic (exact) mass is 196 g/mol. The number of nitrogens with one attached hydrogen (secondary N) is 1. The van der Waals surface area contributed by atoms with E-state index in [4.69, 9.17) is 0 Å². The summed E-state index contributed by atoms with van der Waals surface area (Å²) in [7, 11) is 0. The average molecular weight is 196 g/mol. The van der Waals surface area contributed by atoms with Crippen molar-refractivity contribution in [3.8, 4) is 0 Å². The summed E-state index contributed by atoms with van der Waals surface area (Å²) in [5.41, 5.74) is 0. The van der Waals surface area contributed by atoms with Crippen LogP contribution in [0.25, 0.3) is 0 Å². The predicted octanol–water partition coefficient (Wildman–Crippen LogP) is 1.86. The van der Waals surface area contributed by atoms with Gasteiger partial charge >= 0.3 is 0 Å². The van der Waals surface area contributed by atoms with Gasteiger partial charge in [-0.05, 0) is 32.6 Å². The Kier molecular flexibility index (Phi) is 3.45. The maximum Gasteiger partial charge on any atom is 0.0167 e. The number of hydrogen-bond donors (Lipinski definition) is 1. The molecule has 1 saturated carbocycles. The number of hydrogen-bond acceptors (Lipinski definition) is 2. The molecule has 1 aliphatic heterocycles. The van der Waals surface area contributed by atoms with Crippen LogP contribution in [-0.4, -0.2) is 36.6 Å². The Balaban J connectivity index is 1.86. The lowest BCUT2D eigenvalue weighted by Gasteiger charge is -2.38. The highest BCUT2D eigenvalue weighted by atomic mass is 15.2. The number of nitrogens with zero attached hydrogens (tertiary/aromatic N) is 1. The summed E-state index contributed by atoms with van der Waals surface area (Å²) in [6.07, 6.45) is 5.88. The van der Waals surface area contributed by atoms with Crippen LogP contribution in [0.3, 0.4) is 0 Å². The second-order valence-electron chi connectivity index (χ2n) is 5.14. The molecule has 0 aromatic heterocycles. The highest BCUT2D eigenvalue weighted by Gasteiger charge is 2.28. The summed E-state index contributed by atoms with van der Waals surface area (Å²) < 4.78 is 0. The van der Waals surface area contributed by atoms with E-state index in [-0.39, 0.29) is 0 Å². The second kappa shape index (κ2) is 4.63. The molecule has 2 heteroatoms. The van der Waals surface area contributed by atoms with E-state index in [1.165, 1.54) is 45.3 Å². The Morgan fingerprint density at radius 2 is 2.00 bits per heavy atom. The Hall–Kier alpha value is -0.0800. The van der Waals surface area contributed by atoms with Crippen LogP contribution in [0, 0.1) is 5.92 Å². The minimum absolute atomic E-state index is 0.688. The molecule has 0 aromatic carbocycles. The van der Waals surface area contributed by atoms with Crippen LogP contribution >= 0.6 is 0 Å². The zero-order chi connectivity index (χ0) is 9.97. The van der Waals surface area contributed by atoms with Gasteiger partial charge in [-0.3, -0.25) is 4.90 Å². The van der Waals surface area contributed by atoms with E-state index in [9.17, 15) is 0 Å². The fourth-order valence-corrected chi connectivity index (χ4v) is 3.07. The molecule has 0 aromatic rings. The molecular formula is C12H24N2. The minimum atomic E-state index is 0.688. The van der Waals surface area contributed by atoms with Crippen LogP contribution in [0.5, 0.6) is 0 Å². The van der Waals surface area contributed by atoms with Gasteiger partial charge in [0.15, 0.2) is 0 Å². The minimum Gasteiger partial charge on any atom is -0.312 e. The maximum absolute atomic E-state index is 3.52. The van der Waals surface area contributed by atoms with Crippen molar-refractivity contribution < 1.29 is 0 Å². The van der Waals surface area contributed by atoms with Gasteiger partial charge in [0.1, 0.15) is 0 Å². The Bertz CT molecular complexity index is 175. The van der Waals surface area contributed by atoms with Crippen LogP contribution in [0.1, 0.15) is 39.5 Å². The standard InChI is InChI=1S/C12H24N2/c1-10-9-14(8-7-13-10)11(2)12-5-3-4-6-12/h10-13H,3-9H2,1-2H3. The Labute approximate surface area is 88.1 Å². The quantitative estimate of drug-likeness (QED) is 0.725. The average Bonchev–Trinajstić information content (AvgIpc) is 2.69. The van der Waals surface area contributed by atoms with Gasteiger partial charge in [0.05, 0.1) is 0 Å². The molecule has 2 rings (SSSR count). The molecule has 82 valence electrons. The highest BCUT2D eigenvalue weighted by Crippen LogP contribution is 2.30. The zero-order valence-electron chi connectivity index (χ0n) is 9.63. The molecular weight excluding hydrogens is 172 g/mol. The molecule has 1 aliphatic carbocycles. The van der Waals surface area contributed by atoms with Gasteiger partial charge in [0, 0.05) is 31.7 Å². The molecule has 2 atom stereocenters. The van der Waals surface area contributed by atoms with Gasteiger partial charge in [0.2, 0.25) is 0 Å². The molecule has 2 unspecified atom stereocenters. The topological polar surface area (TPSA) is 15.3 Å². The van der Waals surface area contributed by atoms with Crippen molar-refractivity contribution in [2.24, 2.45) is 5.92 Å². The SMILES string of the molecule is CC1CN(C(C)C2CCCC2)CCN1. The molecule has 0 spiro atoms. The maximum atomic E-state index is 3.52. The third-order valence-corrected chi connectivity index (χ3v) is 4.06. The predicted molar refractivity (Wildman–Crippen MR) is 60.5 cm³/mol. The van der Waals surface area contributed by atoms with Gasteiger partial charge in [0.25, 0.3) is 0 Å². The van der Waals surface area contributed by atoms with E-state index < -0.39 is 0 Å². The van der Waals surface area contributed by atoms with E-state index in [0.717, 1.165) is 12.0 Å². The summed E-state index contributed by atoms with van der Waals surface area (Å²) >= 11 is 0. The highest BCUT2D eigenvalue weighted by molar-refractivity contribution is 4.84. The van der Waals surface area contributed by atoms with Crippen molar-refractivity contribution in [3.63, 3.8) is 0 Å². The van der Waals surface area contributed by atoms with E-state index in [2.05, 4.69) is 24.1 Å². The molecule has 2 nitrogen and oxygen atoms in total. The van der Waals surface area contributed by atoms with E-state index in [0.29, 0.717) is 6.04 Å². The summed E-state index contributed by atoms with van der Waals surface area (Å²) in [4.78, 5) is 2.69. The summed E-state index contributed by atoms with van der Waals surface area (Å²) in [5, 5.41) is 3.52. The zero-order valence-corrected chi connectivity index (χ0v) is 9.63. The van der Waals surface area contributed by atoms with E-state index >= 15 is 0 Å². The lowest BCUT2D eigenvalue weighted by molar-refractivity contribution is 0.119. The van der Waals surface area contributed by atoms with Crippen molar-refractivity contribution >= 4 is 0 Å². The van der Waals surface area contributed by atoms with Crippen LogP contribution in [0.15, 0.2) is 0 Å². The Morgan fingerprint density at radius 3 is 2.64 bits per heavy atom. The largest absolute Gasteiger partial charge is 0.312 e. The van der Waals surface area contributed by atoms with Gasteiger partial charge in [-0.25, -0.2) is 0 Å². The third kappa shape index (κ3) is 2.29. The van der Waals surface area contributed by atoms with Crippen molar-refractivity contribution in [1.82, 2.24) is 10.2 Å². The van der Waals surface area contributed by atoms with Crippen LogP contribution < -0.4 is 5.32 Å². The molecule has 1 saturated heterocycles. The fourth-order valence-electron chi connectivity index (χ4n) is 3.07. The molecule has 14 heavy (non-hydrogen) atoms. The van der Waals surface area contributed by atoms with Crippen molar-refractivity contribution in [1.29, 1.82) is 0 Å². The lowest BCUT2D eigenvalue weighted by atomic mass is 9.97. The smallest absolute Gasteiger partial charge is 0.0167 e. The first-order chi connectivity index (χ1) is 6.77. The molecule has 2 aliphatic rings. The van der Waals surface area contributed by atoms with Crippen LogP contribution in [-0.2, 0) is 0 Å². The first-order valence-electron chi connectivity index (χ1n) is 6.25. The Morgan fingerprint density at radius 1 is 1.29 bits per heavy atom. The summed E-state index contributed by atoms with van der Waals surface area (Å²) in [6.45, 7) is 8.42. The number of rotatable bonds is 2. The summed E-state index contributed by atoms with van der Waals surface area (Å²) in [5.74, 6) is 0.986. The van der Waals surface area contributed by atoms with Gasteiger partial charge < -0.3 is 5.32 Å². The van der Waals surface area contributed by atoms with Gasteiger partial charge in [-0.2, -0.15) is 0 Å². The number of piperazine rings is 1. The third-order valence-electron chi connectivity index (χ3n) is 4.06. The lowest BCUT2D eigenvalue weighted by Crippen LogP contribution is -2.53. The second-order valence-corrected chi connectivity index (χ2v) is 5.14. The molecule has 1 N–H and O–H groups in total. The summed E-state index contributed by atoms with van der Waals surface area (Å²) in [6, 6.07) is 1.51. The van der Waals surface area contributed by atoms with Crippen molar-refractivity contribution in [2.45, 2.75) is 51.6 Å². The molecule has 1 heterocycles. The van der Waals surface area contributed by atoms with Crippen molar-refractivity contribution in [2.75, 3.05) is 19.6 Å². The molecule has 0 bridgehead atoms. The molecule has 0 radical (unpaired) electrons. The molecule has 2 fully saturated rings. The van der Waals surface area contributed by atoms with Gasteiger partial charge in [-0.15, -0.1) is 0 Å². The first-order valence-corrected chi connectivity index (χ1v) is 6.25. The van der Waals surface area contributed by atoms with E-state index in [1.807, 2.05) is 0 Å². The fraction of sp³-hybridized carbons (Fsp3) is 1.00. The first kappa shape index (κ1) is 10.4. The normalized spacial score (nSPS) is 33.4. The van der Waals surface area contributed by atoms with Crippen LogP contribution in [0.2, 0.25) is 0 Å². The van der Waals surface area contributed by atoms with Crippen molar-refractivity contribution in [3.05, 3.63) is 0 Å². The molecule has 0 amide bonds.